The first-order chi connectivity index (χ1) is 9.97. The summed E-state index contributed by atoms with van der Waals surface area (Å²) in [5.41, 5.74) is 0.403. The molecule has 0 bridgehead atoms. The van der Waals surface area contributed by atoms with Gasteiger partial charge in [0.15, 0.2) is 0 Å². The highest BCUT2D eigenvalue weighted by atomic mass is 35.5. The van der Waals surface area contributed by atoms with Crippen LogP contribution in [0.5, 0.6) is 0 Å². The number of nitro benzene ring substituents is 1. The molecule has 21 heavy (non-hydrogen) atoms. The van der Waals surface area contributed by atoms with Crippen molar-refractivity contribution in [2.45, 2.75) is 12.8 Å². The SMILES string of the molecule is CN(C)CCCc1ccc(-c2ccc(Cl)cc2[N+](=O)[O-])o1. The number of aryl methyl sites for hydroxylation is 1. The van der Waals surface area contributed by atoms with Crippen LogP contribution >= 0.6 is 11.6 Å². The number of hydrogen-bond acceptors (Lipinski definition) is 4. The van der Waals surface area contributed by atoms with E-state index in [0.717, 1.165) is 25.1 Å². The molecule has 0 unspecified atom stereocenters. The molecule has 1 heterocycles. The molecule has 0 aliphatic carbocycles. The van der Waals surface area contributed by atoms with Gasteiger partial charge in [-0.3, -0.25) is 10.1 Å². The van der Waals surface area contributed by atoms with E-state index < -0.39 is 4.92 Å². The van der Waals surface area contributed by atoms with E-state index >= 15 is 0 Å². The average Bonchev–Trinajstić information content (AvgIpc) is 2.86. The molecular formula is C15H17ClN2O3. The normalized spacial score (nSPS) is 11.0. The molecule has 0 fully saturated rings. The van der Waals surface area contributed by atoms with Crippen molar-refractivity contribution in [3.8, 4) is 11.3 Å². The molecule has 0 atom stereocenters. The minimum atomic E-state index is -0.449. The summed E-state index contributed by atoms with van der Waals surface area (Å²) in [6.45, 7) is 0.969. The molecule has 2 aromatic rings. The maximum atomic E-state index is 11.1. The standard InChI is InChI=1S/C15H17ClN2O3/c1-17(2)9-3-4-12-6-8-15(21-12)13-7-5-11(16)10-14(13)18(19)20/h5-8,10H,3-4,9H2,1-2H3. The highest BCUT2D eigenvalue weighted by Gasteiger charge is 2.18. The Morgan fingerprint density at radius 3 is 2.71 bits per heavy atom. The Labute approximate surface area is 128 Å². The van der Waals surface area contributed by atoms with Crippen molar-refractivity contribution < 1.29 is 9.34 Å². The van der Waals surface area contributed by atoms with Gasteiger partial charge in [-0.2, -0.15) is 0 Å². The zero-order valence-corrected chi connectivity index (χ0v) is 12.8. The van der Waals surface area contributed by atoms with Crippen LogP contribution in [0, 0.1) is 10.1 Å². The topological polar surface area (TPSA) is 59.5 Å². The third-order valence-electron chi connectivity index (χ3n) is 3.11. The van der Waals surface area contributed by atoms with Crippen molar-refractivity contribution in [1.82, 2.24) is 4.90 Å². The summed E-state index contributed by atoms with van der Waals surface area (Å²) in [7, 11) is 4.04. The summed E-state index contributed by atoms with van der Waals surface area (Å²) in [6, 6.07) is 8.21. The molecule has 2 rings (SSSR count). The average molecular weight is 309 g/mol. The van der Waals surface area contributed by atoms with Gasteiger partial charge < -0.3 is 9.32 Å². The van der Waals surface area contributed by atoms with Crippen molar-refractivity contribution in [1.29, 1.82) is 0 Å². The largest absolute Gasteiger partial charge is 0.461 e. The van der Waals surface area contributed by atoms with E-state index in [-0.39, 0.29) is 5.69 Å². The molecule has 0 N–H and O–H groups in total. The van der Waals surface area contributed by atoms with Crippen molar-refractivity contribution in [2.75, 3.05) is 20.6 Å². The molecule has 6 heteroatoms. The second-order valence-electron chi connectivity index (χ2n) is 5.09. The maximum absolute atomic E-state index is 11.1. The highest BCUT2D eigenvalue weighted by Crippen LogP contribution is 2.33. The quantitative estimate of drug-likeness (QED) is 0.597. The number of rotatable bonds is 6. The minimum Gasteiger partial charge on any atom is -0.461 e. The van der Waals surface area contributed by atoms with Gasteiger partial charge in [-0.1, -0.05) is 11.6 Å². The van der Waals surface area contributed by atoms with Gasteiger partial charge in [0.2, 0.25) is 0 Å². The van der Waals surface area contributed by atoms with Crippen LogP contribution in [0.3, 0.4) is 0 Å². The number of nitrogens with zero attached hydrogens (tertiary/aromatic N) is 2. The van der Waals surface area contributed by atoms with E-state index in [0.29, 0.717) is 16.3 Å². The molecule has 0 aliphatic heterocycles. The second kappa shape index (κ2) is 6.74. The lowest BCUT2D eigenvalue weighted by atomic mass is 10.1. The van der Waals surface area contributed by atoms with Gasteiger partial charge in [0.05, 0.1) is 10.5 Å². The smallest absolute Gasteiger partial charge is 0.281 e. The molecule has 5 nitrogen and oxygen atoms in total. The fourth-order valence-corrected chi connectivity index (χ4v) is 2.26. The lowest BCUT2D eigenvalue weighted by Gasteiger charge is -2.07. The third-order valence-corrected chi connectivity index (χ3v) is 3.35. The number of halogens is 1. The van der Waals surface area contributed by atoms with Crippen LogP contribution in [0.4, 0.5) is 5.69 Å². The summed E-state index contributed by atoms with van der Waals surface area (Å²) < 4.78 is 5.72. The van der Waals surface area contributed by atoms with Gasteiger partial charge in [0.1, 0.15) is 11.5 Å². The molecule has 112 valence electrons. The number of benzene rings is 1. The fourth-order valence-electron chi connectivity index (χ4n) is 2.09. The molecule has 0 spiro atoms. The monoisotopic (exact) mass is 308 g/mol. The van der Waals surface area contributed by atoms with Crippen LogP contribution in [0.15, 0.2) is 34.7 Å². The summed E-state index contributed by atoms with van der Waals surface area (Å²) in [5.74, 6) is 1.33. The molecule has 0 radical (unpaired) electrons. The van der Waals surface area contributed by atoms with E-state index in [1.54, 1.807) is 18.2 Å². The van der Waals surface area contributed by atoms with Gasteiger partial charge in [-0.15, -0.1) is 0 Å². The van der Waals surface area contributed by atoms with E-state index in [1.165, 1.54) is 6.07 Å². The Kier molecular flexibility index (Phi) is 4.98. The van der Waals surface area contributed by atoms with Crippen LogP contribution in [0.1, 0.15) is 12.2 Å². The molecule has 0 saturated heterocycles. The van der Waals surface area contributed by atoms with Gasteiger partial charge in [0.25, 0.3) is 5.69 Å². The number of nitro groups is 1. The summed E-state index contributed by atoms with van der Waals surface area (Å²) >= 11 is 5.81. The minimum absolute atomic E-state index is 0.0447. The van der Waals surface area contributed by atoms with E-state index in [9.17, 15) is 10.1 Å². The third kappa shape index (κ3) is 4.06. The van der Waals surface area contributed by atoms with Gasteiger partial charge in [-0.25, -0.2) is 0 Å². The number of hydrogen-bond donors (Lipinski definition) is 0. The molecule has 0 amide bonds. The zero-order chi connectivity index (χ0) is 15.4. The predicted octanol–water partition coefficient (Wildman–Crippen LogP) is 4.00. The van der Waals surface area contributed by atoms with Gasteiger partial charge in [0, 0.05) is 17.5 Å². The Bertz CT molecular complexity index is 638. The Morgan fingerprint density at radius 1 is 1.29 bits per heavy atom. The van der Waals surface area contributed by atoms with Crippen LogP contribution in [-0.2, 0) is 6.42 Å². The Morgan fingerprint density at radius 2 is 2.05 bits per heavy atom. The van der Waals surface area contributed by atoms with Crippen LogP contribution in [-0.4, -0.2) is 30.5 Å². The predicted molar refractivity (Wildman–Crippen MR) is 82.7 cm³/mol. The first-order valence-electron chi connectivity index (χ1n) is 6.65. The first kappa shape index (κ1) is 15.5. The fraction of sp³-hybridized carbons (Fsp3) is 0.333. The van der Waals surface area contributed by atoms with Crippen molar-refractivity contribution in [2.24, 2.45) is 0 Å². The first-order valence-corrected chi connectivity index (χ1v) is 7.03. The van der Waals surface area contributed by atoms with Gasteiger partial charge >= 0.3 is 0 Å². The molecule has 1 aromatic carbocycles. The zero-order valence-electron chi connectivity index (χ0n) is 12.0. The van der Waals surface area contributed by atoms with Gasteiger partial charge in [-0.05, 0) is 51.3 Å². The lowest BCUT2D eigenvalue weighted by Crippen LogP contribution is -2.13. The summed E-state index contributed by atoms with van der Waals surface area (Å²) in [5, 5.41) is 11.4. The summed E-state index contributed by atoms with van der Waals surface area (Å²) in [4.78, 5) is 12.8. The molecule has 0 saturated carbocycles. The highest BCUT2D eigenvalue weighted by molar-refractivity contribution is 6.30. The van der Waals surface area contributed by atoms with Crippen LogP contribution < -0.4 is 0 Å². The van der Waals surface area contributed by atoms with E-state index in [1.807, 2.05) is 20.2 Å². The molecule has 1 aromatic heterocycles. The lowest BCUT2D eigenvalue weighted by molar-refractivity contribution is -0.384. The Hall–Kier alpha value is -1.85. The van der Waals surface area contributed by atoms with Crippen LogP contribution in [0.25, 0.3) is 11.3 Å². The number of furan rings is 1. The van der Waals surface area contributed by atoms with E-state index in [4.69, 9.17) is 16.0 Å². The Balaban J connectivity index is 2.19. The van der Waals surface area contributed by atoms with Crippen LogP contribution in [0.2, 0.25) is 5.02 Å². The van der Waals surface area contributed by atoms with E-state index in [2.05, 4.69) is 4.90 Å². The van der Waals surface area contributed by atoms with Crippen molar-refractivity contribution >= 4 is 17.3 Å². The second-order valence-corrected chi connectivity index (χ2v) is 5.53. The van der Waals surface area contributed by atoms with Crippen molar-refractivity contribution in [3.05, 3.63) is 51.2 Å². The maximum Gasteiger partial charge on any atom is 0.281 e. The molecule has 0 aliphatic rings. The summed E-state index contributed by atoms with van der Waals surface area (Å²) in [6.07, 6.45) is 1.78. The molecular weight excluding hydrogens is 292 g/mol. The van der Waals surface area contributed by atoms with Crippen molar-refractivity contribution in [3.63, 3.8) is 0 Å².